The maximum absolute atomic E-state index is 13.3. The van der Waals surface area contributed by atoms with Gasteiger partial charge >= 0.3 is 0 Å². The van der Waals surface area contributed by atoms with Gasteiger partial charge in [-0.2, -0.15) is 0 Å². The lowest BCUT2D eigenvalue weighted by Gasteiger charge is -2.17. The summed E-state index contributed by atoms with van der Waals surface area (Å²) in [5.74, 6) is 1.12. The summed E-state index contributed by atoms with van der Waals surface area (Å²) in [7, 11) is 1.61. The molecule has 1 saturated heterocycles. The van der Waals surface area contributed by atoms with Crippen LogP contribution in [0.3, 0.4) is 0 Å². The number of halogens is 1. The third-order valence-corrected chi connectivity index (χ3v) is 5.49. The average Bonchev–Trinajstić information content (AvgIpc) is 3.48. The largest absolute Gasteiger partial charge is 0.493 e. The van der Waals surface area contributed by atoms with Gasteiger partial charge in [-0.15, -0.1) is 0 Å². The molecule has 2 aromatic rings. The molecule has 0 bridgehead atoms. The molecule has 6 nitrogen and oxygen atoms in total. The molecule has 4 rings (SSSR count). The molecule has 7 heteroatoms. The van der Waals surface area contributed by atoms with Gasteiger partial charge in [0, 0.05) is 24.6 Å². The number of benzene rings is 2. The number of hydrogen-bond donors (Lipinski definition) is 1. The van der Waals surface area contributed by atoms with Crippen LogP contribution in [-0.4, -0.2) is 43.5 Å². The molecule has 2 fully saturated rings. The first-order valence-electron chi connectivity index (χ1n) is 10.2. The number of hydrogen-bond acceptors (Lipinski definition) is 4. The highest BCUT2D eigenvalue weighted by Crippen LogP contribution is 2.37. The Morgan fingerprint density at radius 2 is 2.03 bits per heavy atom. The molecule has 1 saturated carbocycles. The predicted molar refractivity (Wildman–Crippen MR) is 110 cm³/mol. The number of ether oxygens (including phenoxy) is 2. The predicted octanol–water partition coefficient (Wildman–Crippen LogP) is 3.58. The van der Waals surface area contributed by atoms with Gasteiger partial charge in [0.25, 0.3) is 0 Å². The Balaban J connectivity index is 1.38. The summed E-state index contributed by atoms with van der Waals surface area (Å²) < 4.78 is 24.6. The fraction of sp³-hybridized carbons (Fsp3) is 0.391. The number of rotatable bonds is 8. The molecule has 1 aliphatic heterocycles. The van der Waals surface area contributed by atoms with Crippen molar-refractivity contribution in [1.29, 1.82) is 0 Å². The van der Waals surface area contributed by atoms with Gasteiger partial charge in [-0.3, -0.25) is 9.59 Å². The van der Waals surface area contributed by atoms with E-state index < -0.39 is 5.82 Å². The zero-order chi connectivity index (χ0) is 21.1. The molecule has 1 unspecified atom stereocenters. The van der Waals surface area contributed by atoms with Crippen molar-refractivity contribution in [2.24, 2.45) is 5.92 Å². The summed E-state index contributed by atoms with van der Waals surface area (Å²) >= 11 is 0. The quantitative estimate of drug-likeness (QED) is 0.720. The monoisotopic (exact) mass is 412 g/mol. The third kappa shape index (κ3) is 4.90. The van der Waals surface area contributed by atoms with Gasteiger partial charge in [-0.25, -0.2) is 4.39 Å². The van der Waals surface area contributed by atoms with Crippen LogP contribution in [0.1, 0.15) is 30.7 Å². The fourth-order valence-electron chi connectivity index (χ4n) is 3.64. The molecule has 1 heterocycles. The SMILES string of the molecule is COc1ccc(C2CC(=O)N(CC(=O)Nc3cccc(F)c3)C2)cc1OCC1CC1. The molecule has 0 aromatic heterocycles. The smallest absolute Gasteiger partial charge is 0.243 e. The number of anilines is 1. The summed E-state index contributed by atoms with van der Waals surface area (Å²) in [5, 5.41) is 2.63. The molecule has 2 aromatic carbocycles. The number of amides is 2. The van der Waals surface area contributed by atoms with Gasteiger partial charge < -0.3 is 19.7 Å². The Morgan fingerprint density at radius 1 is 1.20 bits per heavy atom. The van der Waals surface area contributed by atoms with Gasteiger partial charge in [0.15, 0.2) is 11.5 Å². The first kappa shape index (κ1) is 20.2. The van der Waals surface area contributed by atoms with Crippen LogP contribution in [0.25, 0.3) is 0 Å². The van der Waals surface area contributed by atoms with Crippen LogP contribution >= 0.6 is 0 Å². The van der Waals surface area contributed by atoms with E-state index in [2.05, 4.69) is 5.32 Å². The van der Waals surface area contributed by atoms with Crippen molar-refractivity contribution in [3.05, 3.63) is 53.8 Å². The second kappa shape index (κ2) is 8.73. The lowest BCUT2D eigenvalue weighted by atomic mass is 9.98. The van der Waals surface area contributed by atoms with E-state index >= 15 is 0 Å². The van der Waals surface area contributed by atoms with Crippen molar-refractivity contribution in [1.82, 2.24) is 4.90 Å². The van der Waals surface area contributed by atoms with Crippen LogP contribution < -0.4 is 14.8 Å². The minimum Gasteiger partial charge on any atom is -0.493 e. The lowest BCUT2D eigenvalue weighted by molar-refractivity contribution is -0.131. The van der Waals surface area contributed by atoms with Crippen LogP contribution in [0.5, 0.6) is 11.5 Å². The van der Waals surface area contributed by atoms with E-state index in [0.29, 0.717) is 42.7 Å². The molecule has 158 valence electrons. The first-order chi connectivity index (χ1) is 14.5. The summed E-state index contributed by atoms with van der Waals surface area (Å²) in [5.41, 5.74) is 1.36. The molecule has 1 atom stereocenters. The van der Waals surface area contributed by atoms with Crippen LogP contribution in [0.4, 0.5) is 10.1 Å². The van der Waals surface area contributed by atoms with E-state index in [-0.39, 0.29) is 24.3 Å². The normalized spacial score (nSPS) is 18.4. The highest BCUT2D eigenvalue weighted by Gasteiger charge is 2.32. The van der Waals surface area contributed by atoms with Crippen LogP contribution in [0.2, 0.25) is 0 Å². The van der Waals surface area contributed by atoms with E-state index in [1.54, 1.807) is 13.2 Å². The first-order valence-corrected chi connectivity index (χ1v) is 10.2. The van der Waals surface area contributed by atoms with Crippen molar-refractivity contribution in [2.45, 2.75) is 25.2 Å². The molecule has 0 radical (unpaired) electrons. The maximum Gasteiger partial charge on any atom is 0.243 e. The highest BCUT2D eigenvalue weighted by molar-refractivity contribution is 5.95. The average molecular weight is 412 g/mol. The molecular formula is C23H25FN2O4. The summed E-state index contributed by atoms with van der Waals surface area (Å²) in [6, 6.07) is 11.4. The molecular weight excluding hydrogens is 387 g/mol. The standard InChI is InChI=1S/C23H25FN2O4/c1-29-20-8-7-16(9-21(20)30-14-15-5-6-15)17-10-23(28)26(12-17)13-22(27)25-19-4-2-3-18(24)11-19/h2-4,7-9,11,15,17H,5-6,10,12-14H2,1H3,(H,25,27). The molecule has 1 N–H and O–H groups in total. The van der Waals surface area contributed by atoms with Crippen molar-refractivity contribution in [3.63, 3.8) is 0 Å². The molecule has 1 aliphatic carbocycles. The van der Waals surface area contributed by atoms with E-state index in [1.165, 1.54) is 35.9 Å². The molecule has 30 heavy (non-hydrogen) atoms. The lowest BCUT2D eigenvalue weighted by Crippen LogP contribution is -2.34. The van der Waals surface area contributed by atoms with Crippen molar-refractivity contribution >= 4 is 17.5 Å². The van der Waals surface area contributed by atoms with Crippen LogP contribution in [0, 0.1) is 11.7 Å². The van der Waals surface area contributed by atoms with Crippen LogP contribution in [0.15, 0.2) is 42.5 Å². The van der Waals surface area contributed by atoms with E-state index in [9.17, 15) is 14.0 Å². The molecule has 0 spiro atoms. The number of carbonyl (C=O) groups is 2. The number of nitrogens with one attached hydrogen (secondary N) is 1. The van der Waals surface area contributed by atoms with Gasteiger partial charge in [-0.1, -0.05) is 12.1 Å². The Bertz CT molecular complexity index is 945. The fourth-order valence-corrected chi connectivity index (χ4v) is 3.64. The van der Waals surface area contributed by atoms with Gasteiger partial charge in [-0.05, 0) is 54.7 Å². The highest BCUT2D eigenvalue weighted by atomic mass is 19.1. The number of likely N-dealkylation sites (tertiary alicyclic amines) is 1. The van der Waals surface area contributed by atoms with Crippen molar-refractivity contribution in [3.8, 4) is 11.5 Å². The third-order valence-electron chi connectivity index (χ3n) is 5.49. The van der Waals surface area contributed by atoms with Crippen molar-refractivity contribution in [2.75, 3.05) is 32.1 Å². The summed E-state index contributed by atoms with van der Waals surface area (Å²) in [4.78, 5) is 26.3. The number of methoxy groups -OCH3 is 1. The summed E-state index contributed by atoms with van der Waals surface area (Å²) in [6.07, 6.45) is 2.74. The minimum absolute atomic E-state index is 0.0198. The Labute approximate surface area is 175 Å². The minimum atomic E-state index is -0.427. The van der Waals surface area contributed by atoms with Gasteiger partial charge in [0.2, 0.25) is 11.8 Å². The van der Waals surface area contributed by atoms with Gasteiger partial charge in [0.05, 0.1) is 20.3 Å². The topological polar surface area (TPSA) is 67.9 Å². The van der Waals surface area contributed by atoms with Crippen LogP contribution in [-0.2, 0) is 9.59 Å². The van der Waals surface area contributed by atoms with E-state index in [4.69, 9.17) is 9.47 Å². The van der Waals surface area contributed by atoms with E-state index in [1.807, 2.05) is 18.2 Å². The number of nitrogens with zero attached hydrogens (tertiary/aromatic N) is 1. The summed E-state index contributed by atoms with van der Waals surface area (Å²) in [6.45, 7) is 1.06. The second-order valence-corrected chi connectivity index (χ2v) is 7.90. The zero-order valence-corrected chi connectivity index (χ0v) is 16.9. The molecule has 2 aliphatic rings. The maximum atomic E-state index is 13.3. The Hall–Kier alpha value is -3.09. The molecule has 2 amide bonds. The second-order valence-electron chi connectivity index (χ2n) is 7.90. The Kier molecular flexibility index (Phi) is 5.88. The zero-order valence-electron chi connectivity index (χ0n) is 16.9. The van der Waals surface area contributed by atoms with Gasteiger partial charge in [0.1, 0.15) is 5.82 Å². The van der Waals surface area contributed by atoms with Crippen molar-refractivity contribution < 1.29 is 23.5 Å². The number of carbonyl (C=O) groups excluding carboxylic acids is 2. The Morgan fingerprint density at radius 3 is 2.77 bits per heavy atom. The van der Waals surface area contributed by atoms with E-state index in [0.717, 1.165) is 5.56 Å².